The molecule has 0 aromatic heterocycles. The Kier molecular flexibility index (Phi) is 6.61. The quantitative estimate of drug-likeness (QED) is 0.653. The first-order valence-electron chi connectivity index (χ1n) is 6.91. The van der Waals surface area contributed by atoms with E-state index in [0.29, 0.717) is 0 Å². The van der Waals surface area contributed by atoms with E-state index in [1.54, 1.807) is 0 Å². The van der Waals surface area contributed by atoms with Gasteiger partial charge in [-0.1, -0.05) is 46.3 Å². The third kappa shape index (κ3) is 5.99. The molecule has 0 aliphatic carbocycles. The van der Waals surface area contributed by atoms with E-state index < -0.39 is 0 Å². The number of urea groups is 1. The molecule has 2 aromatic rings. The summed E-state index contributed by atoms with van der Waals surface area (Å²) in [7, 11) is 0. The monoisotopic (exact) mass is 379 g/mol. The Bertz CT molecular complexity index is 592. The van der Waals surface area contributed by atoms with Crippen molar-refractivity contribution in [2.24, 2.45) is 0 Å². The number of benzene rings is 2. The summed E-state index contributed by atoms with van der Waals surface area (Å²) in [6.07, 6.45) is 0.805. The van der Waals surface area contributed by atoms with E-state index in [4.69, 9.17) is 0 Å². The summed E-state index contributed by atoms with van der Waals surface area (Å²) < 4.78 is 6.77. The molecule has 2 amide bonds. The fourth-order valence-electron chi connectivity index (χ4n) is 1.92. The van der Waals surface area contributed by atoms with Crippen molar-refractivity contribution in [3.8, 4) is 0 Å². The van der Waals surface area contributed by atoms with Crippen LogP contribution in [0.2, 0.25) is 0 Å². The number of halogens is 1. The summed E-state index contributed by atoms with van der Waals surface area (Å²) in [5.41, 5.74) is 2.13. The van der Waals surface area contributed by atoms with E-state index >= 15 is 0 Å². The lowest BCUT2D eigenvalue weighted by atomic mass is 10.1. The molecule has 6 heteroatoms. The largest absolute Gasteiger partial charge is 0.335 e. The van der Waals surface area contributed by atoms with Gasteiger partial charge in [0.2, 0.25) is 0 Å². The summed E-state index contributed by atoms with van der Waals surface area (Å²) in [6, 6.07) is 17.7. The second-order valence-electron chi connectivity index (χ2n) is 4.88. The molecule has 0 heterocycles. The van der Waals surface area contributed by atoms with E-state index in [9.17, 15) is 4.79 Å². The SMILES string of the molecule is CC(Cc1ccccc1)NC(=O)NSNc1ccc(Br)cc1. The molecule has 0 saturated heterocycles. The third-order valence-electron chi connectivity index (χ3n) is 2.92. The number of hydrogen-bond donors (Lipinski definition) is 3. The number of carbonyl (C=O) groups is 1. The highest BCUT2D eigenvalue weighted by molar-refractivity contribution is 9.10. The van der Waals surface area contributed by atoms with Crippen LogP contribution in [0.5, 0.6) is 0 Å². The van der Waals surface area contributed by atoms with Gasteiger partial charge in [0.25, 0.3) is 0 Å². The van der Waals surface area contributed by atoms with E-state index in [1.165, 1.54) is 5.56 Å². The van der Waals surface area contributed by atoms with Crippen molar-refractivity contribution < 1.29 is 4.79 Å². The Labute approximate surface area is 143 Å². The second kappa shape index (κ2) is 8.70. The maximum atomic E-state index is 11.8. The predicted octanol–water partition coefficient (Wildman–Crippen LogP) is 4.35. The van der Waals surface area contributed by atoms with Gasteiger partial charge in [0.05, 0.1) is 12.1 Å². The van der Waals surface area contributed by atoms with E-state index in [1.807, 2.05) is 49.4 Å². The maximum absolute atomic E-state index is 11.8. The molecule has 22 heavy (non-hydrogen) atoms. The molecule has 0 spiro atoms. The van der Waals surface area contributed by atoms with Gasteiger partial charge in [-0.15, -0.1) is 0 Å². The minimum atomic E-state index is -0.210. The minimum absolute atomic E-state index is 0.0654. The van der Waals surface area contributed by atoms with Crippen LogP contribution >= 0.6 is 28.1 Å². The molecular formula is C16H18BrN3OS. The first-order chi connectivity index (χ1) is 10.6. The molecule has 3 N–H and O–H groups in total. The second-order valence-corrected chi connectivity index (χ2v) is 6.41. The van der Waals surface area contributed by atoms with Gasteiger partial charge < -0.3 is 10.0 Å². The van der Waals surface area contributed by atoms with Crippen molar-refractivity contribution in [1.82, 2.24) is 10.0 Å². The highest BCUT2D eigenvalue weighted by Gasteiger charge is 2.07. The third-order valence-corrected chi connectivity index (χ3v) is 4.07. The molecule has 0 radical (unpaired) electrons. The maximum Gasteiger partial charge on any atom is 0.326 e. The van der Waals surface area contributed by atoms with Crippen molar-refractivity contribution in [3.63, 3.8) is 0 Å². The van der Waals surface area contributed by atoms with E-state index in [0.717, 1.165) is 28.7 Å². The normalized spacial score (nSPS) is 11.5. The summed E-state index contributed by atoms with van der Waals surface area (Å²) in [4.78, 5) is 11.8. The van der Waals surface area contributed by atoms with Crippen molar-refractivity contribution in [2.75, 3.05) is 4.72 Å². The summed E-state index contributed by atoms with van der Waals surface area (Å²) in [6.45, 7) is 1.99. The summed E-state index contributed by atoms with van der Waals surface area (Å²) in [5, 5.41) is 2.91. The van der Waals surface area contributed by atoms with Crippen molar-refractivity contribution in [3.05, 3.63) is 64.6 Å². The zero-order valence-corrected chi connectivity index (χ0v) is 14.6. The standard InChI is InChI=1S/C16H18BrN3OS/c1-12(11-13-5-3-2-4-6-13)18-16(21)20-22-19-15-9-7-14(17)8-10-15/h2-10,12,19H,11H2,1H3,(H2,18,20,21). The lowest BCUT2D eigenvalue weighted by molar-refractivity contribution is 0.243. The van der Waals surface area contributed by atoms with Gasteiger partial charge >= 0.3 is 6.03 Å². The molecule has 0 fully saturated rings. The fraction of sp³-hybridized carbons (Fsp3) is 0.188. The molecule has 1 unspecified atom stereocenters. The summed E-state index contributed by atoms with van der Waals surface area (Å²) in [5.74, 6) is 0. The van der Waals surface area contributed by atoms with Gasteiger partial charge in [-0.25, -0.2) is 4.79 Å². The lowest BCUT2D eigenvalue weighted by Gasteiger charge is -2.14. The van der Waals surface area contributed by atoms with Crippen LogP contribution in [-0.4, -0.2) is 12.1 Å². The molecule has 0 aliphatic rings. The van der Waals surface area contributed by atoms with Gasteiger partial charge in [0.1, 0.15) is 0 Å². The molecular weight excluding hydrogens is 362 g/mol. The van der Waals surface area contributed by atoms with Gasteiger partial charge in [-0.05, 0) is 43.2 Å². The number of carbonyl (C=O) groups excluding carboxylic acids is 1. The zero-order chi connectivity index (χ0) is 15.8. The number of hydrogen-bond acceptors (Lipinski definition) is 3. The van der Waals surface area contributed by atoms with E-state index in [-0.39, 0.29) is 12.1 Å². The first kappa shape index (κ1) is 16.7. The lowest BCUT2D eigenvalue weighted by Crippen LogP contribution is -2.39. The molecule has 2 rings (SSSR count). The van der Waals surface area contributed by atoms with Crippen LogP contribution in [0.3, 0.4) is 0 Å². The molecule has 116 valence electrons. The Hall–Kier alpha value is -1.66. The molecule has 2 aromatic carbocycles. The van der Waals surface area contributed by atoms with Crippen LogP contribution in [0.4, 0.5) is 10.5 Å². The van der Waals surface area contributed by atoms with Crippen LogP contribution < -0.4 is 14.8 Å². The summed E-state index contributed by atoms with van der Waals surface area (Å²) >= 11 is 4.52. The Morgan fingerprint density at radius 3 is 2.50 bits per heavy atom. The van der Waals surface area contributed by atoms with E-state index in [2.05, 4.69) is 42.8 Å². The molecule has 1 atom stereocenters. The Morgan fingerprint density at radius 1 is 1.14 bits per heavy atom. The fourth-order valence-corrected chi connectivity index (χ4v) is 2.64. The van der Waals surface area contributed by atoms with Crippen molar-refractivity contribution in [1.29, 1.82) is 0 Å². The molecule has 0 aliphatic heterocycles. The van der Waals surface area contributed by atoms with Gasteiger partial charge in [-0.3, -0.25) is 4.72 Å². The average molecular weight is 380 g/mol. The van der Waals surface area contributed by atoms with Crippen LogP contribution in [0.15, 0.2) is 59.1 Å². The number of amides is 2. The minimum Gasteiger partial charge on any atom is -0.335 e. The van der Waals surface area contributed by atoms with Crippen LogP contribution in [0, 0.1) is 0 Å². The van der Waals surface area contributed by atoms with Crippen LogP contribution in [0.1, 0.15) is 12.5 Å². The topological polar surface area (TPSA) is 53.2 Å². The van der Waals surface area contributed by atoms with Crippen LogP contribution in [-0.2, 0) is 6.42 Å². The smallest absolute Gasteiger partial charge is 0.326 e. The predicted molar refractivity (Wildman–Crippen MR) is 96.6 cm³/mol. The Balaban J connectivity index is 1.68. The Morgan fingerprint density at radius 2 is 1.82 bits per heavy atom. The van der Waals surface area contributed by atoms with Gasteiger partial charge in [0, 0.05) is 16.2 Å². The number of rotatable bonds is 6. The number of nitrogens with one attached hydrogen (secondary N) is 3. The molecule has 0 bridgehead atoms. The first-order valence-corrected chi connectivity index (χ1v) is 8.52. The molecule has 4 nitrogen and oxygen atoms in total. The molecule has 0 saturated carbocycles. The number of anilines is 1. The highest BCUT2D eigenvalue weighted by atomic mass is 79.9. The van der Waals surface area contributed by atoms with Crippen LogP contribution in [0.25, 0.3) is 0 Å². The van der Waals surface area contributed by atoms with Gasteiger partial charge in [0.15, 0.2) is 0 Å². The van der Waals surface area contributed by atoms with Crippen molar-refractivity contribution >= 4 is 39.8 Å². The average Bonchev–Trinajstić information content (AvgIpc) is 2.50. The zero-order valence-electron chi connectivity index (χ0n) is 12.2. The van der Waals surface area contributed by atoms with Crippen molar-refractivity contribution in [2.45, 2.75) is 19.4 Å². The highest BCUT2D eigenvalue weighted by Crippen LogP contribution is 2.15. The van der Waals surface area contributed by atoms with Gasteiger partial charge in [-0.2, -0.15) is 0 Å².